The van der Waals surface area contributed by atoms with E-state index >= 15 is 0 Å². The van der Waals surface area contributed by atoms with Crippen LogP contribution in [0.5, 0.6) is 0 Å². The molecule has 1 amide bonds. The van der Waals surface area contributed by atoms with Gasteiger partial charge in [0.15, 0.2) is 6.29 Å². The number of carbonyl (C=O) groups excluding carboxylic acids is 1. The molecule has 0 saturated carbocycles. The number of amides is 1. The van der Waals surface area contributed by atoms with Crippen molar-refractivity contribution in [3.8, 4) is 0 Å². The molecule has 0 aromatic carbocycles. The first kappa shape index (κ1) is 17.3. The second-order valence-electron chi connectivity index (χ2n) is 5.62. The number of methoxy groups -OCH3 is 2. The number of aromatic nitrogens is 2. The predicted octanol–water partition coefficient (Wildman–Crippen LogP) is 0.565. The number of hydrogen-bond acceptors (Lipinski definition) is 6. The zero-order valence-electron chi connectivity index (χ0n) is 14.2. The van der Waals surface area contributed by atoms with Gasteiger partial charge < -0.3 is 19.5 Å². The van der Waals surface area contributed by atoms with Gasteiger partial charge in [0.1, 0.15) is 11.2 Å². The monoisotopic (exact) mass is 345 g/mol. The molecule has 0 radical (unpaired) electrons. The van der Waals surface area contributed by atoms with E-state index in [-0.39, 0.29) is 12.1 Å². The maximum absolute atomic E-state index is 12.5. The zero-order valence-corrected chi connectivity index (χ0v) is 14.2. The molecule has 0 fully saturated rings. The van der Waals surface area contributed by atoms with Crippen LogP contribution >= 0.6 is 0 Å². The minimum absolute atomic E-state index is 0.0273. The minimum atomic E-state index is -1.13. The van der Waals surface area contributed by atoms with Crippen LogP contribution in [-0.2, 0) is 21.3 Å². The predicted molar refractivity (Wildman–Crippen MR) is 90.1 cm³/mol. The maximum Gasteiger partial charge on any atom is 0.264 e. The van der Waals surface area contributed by atoms with Crippen molar-refractivity contribution in [2.75, 3.05) is 20.8 Å². The zero-order chi connectivity index (χ0) is 18.0. The Balaban J connectivity index is 1.82. The van der Waals surface area contributed by atoms with E-state index in [0.717, 1.165) is 0 Å². The van der Waals surface area contributed by atoms with Crippen LogP contribution in [0, 0.1) is 0 Å². The van der Waals surface area contributed by atoms with Gasteiger partial charge in [0.2, 0.25) is 5.79 Å². The summed E-state index contributed by atoms with van der Waals surface area (Å²) >= 11 is 0. The summed E-state index contributed by atoms with van der Waals surface area (Å²) in [5.41, 5.74) is 0.120. The Morgan fingerprint density at radius 2 is 2.28 bits per heavy atom. The fourth-order valence-electron chi connectivity index (χ4n) is 2.67. The molecule has 2 aromatic heterocycles. The number of rotatable bonds is 5. The molecule has 2 atom stereocenters. The highest BCUT2D eigenvalue weighted by atomic mass is 16.8. The van der Waals surface area contributed by atoms with Crippen LogP contribution in [0.4, 0.5) is 0 Å². The van der Waals surface area contributed by atoms with Gasteiger partial charge in [0.25, 0.3) is 11.5 Å². The summed E-state index contributed by atoms with van der Waals surface area (Å²) in [5.74, 6) is -1.64. The summed E-state index contributed by atoms with van der Waals surface area (Å²) in [4.78, 5) is 29.1. The lowest BCUT2D eigenvalue weighted by Gasteiger charge is -2.27. The van der Waals surface area contributed by atoms with Crippen molar-refractivity contribution < 1.29 is 19.0 Å². The minimum Gasteiger partial charge on any atom is -0.352 e. The van der Waals surface area contributed by atoms with Crippen molar-refractivity contribution in [2.24, 2.45) is 7.05 Å². The highest BCUT2D eigenvalue weighted by molar-refractivity contribution is 5.96. The third kappa shape index (κ3) is 3.19. The number of fused-ring (bicyclic) bond motifs is 1. The van der Waals surface area contributed by atoms with Crippen molar-refractivity contribution in [1.82, 2.24) is 14.9 Å². The van der Waals surface area contributed by atoms with Gasteiger partial charge in [0.05, 0.1) is 6.54 Å². The van der Waals surface area contributed by atoms with Crippen molar-refractivity contribution in [1.29, 1.82) is 0 Å². The van der Waals surface area contributed by atoms with E-state index in [4.69, 9.17) is 14.2 Å². The third-order valence-corrected chi connectivity index (χ3v) is 4.11. The van der Waals surface area contributed by atoms with Gasteiger partial charge in [-0.05, 0) is 30.4 Å². The van der Waals surface area contributed by atoms with Crippen LogP contribution < -0.4 is 10.9 Å². The van der Waals surface area contributed by atoms with Gasteiger partial charge >= 0.3 is 0 Å². The van der Waals surface area contributed by atoms with E-state index < -0.39 is 23.5 Å². The Bertz CT molecular complexity index is 891. The van der Waals surface area contributed by atoms with Crippen LogP contribution in [0.15, 0.2) is 41.3 Å². The Morgan fingerprint density at radius 3 is 2.96 bits per heavy atom. The van der Waals surface area contributed by atoms with Gasteiger partial charge in [-0.1, -0.05) is 0 Å². The lowest BCUT2D eigenvalue weighted by Crippen LogP contribution is -2.45. The van der Waals surface area contributed by atoms with Crippen molar-refractivity contribution in [3.63, 3.8) is 0 Å². The fourth-order valence-corrected chi connectivity index (χ4v) is 2.67. The number of nitrogens with zero attached hydrogens (tertiary/aromatic N) is 2. The molecule has 8 nitrogen and oxygen atoms in total. The largest absolute Gasteiger partial charge is 0.352 e. The Kier molecular flexibility index (Phi) is 4.67. The van der Waals surface area contributed by atoms with E-state index in [9.17, 15) is 9.59 Å². The molecule has 132 valence electrons. The van der Waals surface area contributed by atoms with E-state index in [1.807, 2.05) is 0 Å². The van der Waals surface area contributed by atoms with E-state index in [2.05, 4.69) is 10.3 Å². The molecule has 2 aromatic rings. The number of pyridine rings is 2. The Labute approximate surface area is 144 Å². The normalized spacial score (nSPS) is 22.4. The molecule has 3 rings (SSSR count). The SMILES string of the molecule is COC1C=CC(CNC(=O)c2cc3cccnc3n(C)c2=O)(OC)O1. The number of ether oxygens (including phenoxy) is 3. The number of aryl methyl sites for hydroxylation is 1. The summed E-state index contributed by atoms with van der Waals surface area (Å²) in [6.07, 6.45) is 4.41. The molecule has 1 aliphatic heterocycles. The summed E-state index contributed by atoms with van der Waals surface area (Å²) in [6.45, 7) is 0.0346. The lowest BCUT2D eigenvalue weighted by atomic mass is 10.2. The second kappa shape index (κ2) is 6.75. The van der Waals surface area contributed by atoms with Gasteiger partial charge in [0, 0.05) is 32.9 Å². The maximum atomic E-state index is 12.5. The molecule has 3 heterocycles. The third-order valence-electron chi connectivity index (χ3n) is 4.11. The quantitative estimate of drug-likeness (QED) is 0.797. The first-order chi connectivity index (χ1) is 12.0. The van der Waals surface area contributed by atoms with Crippen molar-refractivity contribution in [3.05, 3.63) is 52.5 Å². The molecule has 0 bridgehead atoms. The Hall–Kier alpha value is -2.55. The van der Waals surface area contributed by atoms with Crippen LogP contribution in [0.25, 0.3) is 11.0 Å². The van der Waals surface area contributed by atoms with Crippen LogP contribution in [0.1, 0.15) is 10.4 Å². The molecular formula is C17H19N3O5. The first-order valence-electron chi connectivity index (χ1n) is 7.68. The smallest absolute Gasteiger partial charge is 0.264 e. The molecule has 1 aliphatic rings. The lowest BCUT2D eigenvalue weighted by molar-refractivity contribution is -0.238. The van der Waals surface area contributed by atoms with E-state index in [1.54, 1.807) is 37.5 Å². The van der Waals surface area contributed by atoms with Gasteiger partial charge in [-0.2, -0.15) is 0 Å². The van der Waals surface area contributed by atoms with Crippen molar-refractivity contribution in [2.45, 2.75) is 12.1 Å². The molecule has 0 spiro atoms. The number of hydrogen-bond donors (Lipinski definition) is 1. The van der Waals surface area contributed by atoms with Gasteiger partial charge in [-0.3, -0.25) is 14.2 Å². The molecule has 25 heavy (non-hydrogen) atoms. The summed E-state index contributed by atoms with van der Waals surface area (Å²) < 4.78 is 17.4. The summed E-state index contributed by atoms with van der Waals surface area (Å²) in [6, 6.07) is 5.07. The molecule has 0 aliphatic carbocycles. The summed E-state index contributed by atoms with van der Waals surface area (Å²) in [7, 11) is 4.55. The van der Waals surface area contributed by atoms with Gasteiger partial charge in [-0.25, -0.2) is 4.98 Å². The molecule has 0 saturated heterocycles. The Morgan fingerprint density at radius 1 is 1.48 bits per heavy atom. The first-order valence-corrected chi connectivity index (χ1v) is 7.68. The molecular weight excluding hydrogens is 326 g/mol. The van der Waals surface area contributed by atoms with E-state index in [0.29, 0.717) is 11.0 Å². The summed E-state index contributed by atoms with van der Waals surface area (Å²) in [5, 5.41) is 3.38. The van der Waals surface area contributed by atoms with Crippen LogP contribution in [0.3, 0.4) is 0 Å². The molecule has 8 heteroatoms. The van der Waals surface area contributed by atoms with Crippen molar-refractivity contribution >= 4 is 16.9 Å². The highest BCUT2D eigenvalue weighted by Crippen LogP contribution is 2.24. The number of carbonyl (C=O) groups is 1. The average Bonchev–Trinajstić information content (AvgIpc) is 3.07. The topological polar surface area (TPSA) is 91.7 Å². The standard InChI is InChI=1S/C17H19N3O5/c1-20-14-11(5-4-8-18-14)9-12(16(20)22)15(21)19-10-17(24-3)7-6-13(23-2)25-17/h4-9,13H,10H2,1-3H3,(H,19,21). The highest BCUT2D eigenvalue weighted by Gasteiger charge is 2.36. The van der Waals surface area contributed by atoms with E-state index in [1.165, 1.54) is 24.9 Å². The number of nitrogens with one attached hydrogen (secondary N) is 1. The average molecular weight is 345 g/mol. The van der Waals surface area contributed by atoms with Gasteiger partial charge in [-0.15, -0.1) is 0 Å². The second-order valence-corrected chi connectivity index (χ2v) is 5.62. The molecule has 1 N–H and O–H groups in total. The fraction of sp³-hybridized carbons (Fsp3) is 0.353. The van der Waals surface area contributed by atoms with Crippen LogP contribution in [0.2, 0.25) is 0 Å². The molecule has 2 unspecified atom stereocenters. The van der Waals surface area contributed by atoms with Crippen LogP contribution in [-0.4, -0.2) is 48.3 Å².